The molecule has 2 fully saturated rings. The van der Waals surface area contributed by atoms with E-state index in [1.165, 1.54) is 4.90 Å². The molecule has 24 heavy (non-hydrogen) atoms. The zero-order valence-corrected chi connectivity index (χ0v) is 12.2. The molecular formula is C15H13F6NO2. The van der Waals surface area contributed by atoms with Crippen molar-refractivity contribution in [2.45, 2.75) is 37.3 Å². The fourth-order valence-corrected chi connectivity index (χ4v) is 3.18. The van der Waals surface area contributed by atoms with Crippen LogP contribution in [0.1, 0.15) is 12.8 Å². The molecular weight excluding hydrogens is 340 g/mol. The van der Waals surface area contributed by atoms with Gasteiger partial charge >= 0.3 is 18.4 Å². The van der Waals surface area contributed by atoms with Gasteiger partial charge in [-0.1, -0.05) is 18.2 Å². The summed E-state index contributed by atoms with van der Waals surface area (Å²) in [5.74, 6) is -2.17. The third-order valence-electron chi connectivity index (χ3n) is 4.32. The number of carbonyl (C=O) groups is 1. The first kappa shape index (κ1) is 16.9. The lowest BCUT2D eigenvalue weighted by atomic mass is 9.96. The summed E-state index contributed by atoms with van der Waals surface area (Å²) in [7, 11) is 0. The molecule has 2 saturated heterocycles. The predicted octanol–water partition coefficient (Wildman–Crippen LogP) is 4.13. The van der Waals surface area contributed by atoms with Gasteiger partial charge in [-0.2, -0.15) is 26.3 Å². The second-order valence-electron chi connectivity index (χ2n) is 5.90. The Morgan fingerprint density at radius 1 is 1.17 bits per heavy atom. The number of amides is 1. The number of hydrogen-bond acceptors (Lipinski definition) is 2. The summed E-state index contributed by atoms with van der Waals surface area (Å²) in [5.41, 5.74) is -1.47. The van der Waals surface area contributed by atoms with Gasteiger partial charge in [-0.25, -0.2) is 4.79 Å². The van der Waals surface area contributed by atoms with Crippen LogP contribution < -0.4 is 0 Å². The van der Waals surface area contributed by atoms with E-state index < -0.39 is 42.1 Å². The third kappa shape index (κ3) is 3.03. The van der Waals surface area contributed by atoms with Crippen molar-refractivity contribution in [2.24, 2.45) is 5.92 Å². The van der Waals surface area contributed by atoms with Crippen molar-refractivity contribution in [3.63, 3.8) is 0 Å². The van der Waals surface area contributed by atoms with Crippen LogP contribution in [0.3, 0.4) is 0 Å². The zero-order valence-electron chi connectivity index (χ0n) is 12.2. The number of ether oxygens (including phenoxy) is 1. The SMILES string of the molecule is O=C1OC(C2=CC(C(F)(F)F)C=CC(C(F)(F)F)=C2)C2CCCN12. The maximum absolute atomic E-state index is 13.0. The molecule has 3 rings (SSSR count). The lowest BCUT2D eigenvalue weighted by Crippen LogP contribution is -2.31. The van der Waals surface area contributed by atoms with Crippen LogP contribution in [-0.2, 0) is 4.74 Å². The highest BCUT2D eigenvalue weighted by atomic mass is 19.4. The topological polar surface area (TPSA) is 29.5 Å². The highest BCUT2D eigenvalue weighted by Crippen LogP contribution is 2.40. The van der Waals surface area contributed by atoms with Gasteiger partial charge in [0.1, 0.15) is 6.10 Å². The normalized spacial score (nSPS) is 30.7. The molecule has 0 spiro atoms. The van der Waals surface area contributed by atoms with Gasteiger partial charge in [0, 0.05) is 6.54 Å². The van der Waals surface area contributed by atoms with Gasteiger partial charge in [0.2, 0.25) is 0 Å². The maximum Gasteiger partial charge on any atom is 0.416 e. The maximum atomic E-state index is 13.0. The van der Waals surface area contributed by atoms with Crippen LogP contribution in [0.15, 0.2) is 35.5 Å². The van der Waals surface area contributed by atoms with E-state index in [4.69, 9.17) is 4.74 Å². The number of hydrogen-bond donors (Lipinski definition) is 0. The van der Waals surface area contributed by atoms with Crippen LogP contribution in [0.2, 0.25) is 0 Å². The van der Waals surface area contributed by atoms with Crippen LogP contribution in [-0.4, -0.2) is 42.0 Å². The van der Waals surface area contributed by atoms with E-state index >= 15 is 0 Å². The van der Waals surface area contributed by atoms with E-state index in [1.54, 1.807) is 0 Å². The summed E-state index contributed by atoms with van der Waals surface area (Å²) in [4.78, 5) is 13.1. The molecule has 0 aromatic heterocycles. The molecule has 0 bridgehead atoms. The Kier molecular flexibility index (Phi) is 3.92. The Morgan fingerprint density at radius 3 is 2.50 bits per heavy atom. The molecule has 1 amide bonds. The van der Waals surface area contributed by atoms with E-state index in [0.717, 1.165) is 0 Å². The van der Waals surface area contributed by atoms with Gasteiger partial charge in [-0.05, 0) is 24.5 Å². The number of fused-ring (bicyclic) bond motifs is 1. The number of halogens is 6. The van der Waals surface area contributed by atoms with Gasteiger partial charge in [0.25, 0.3) is 0 Å². The van der Waals surface area contributed by atoms with Crippen LogP contribution in [0.5, 0.6) is 0 Å². The Bertz CT molecular complexity index is 631. The van der Waals surface area contributed by atoms with Gasteiger partial charge in [0.15, 0.2) is 0 Å². The minimum atomic E-state index is -4.80. The van der Waals surface area contributed by atoms with E-state index in [0.29, 0.717) is 43.7 Å². The average molecular weight is 353 g/mol. The van der Waals surface area contributed by atoms with Crippen molar-refractivity contribution < 1.29 is 35.9 Å². The quantitative estimate of drug-likeness (QED) is 0.664. The first-order valence-corrected chi connectivity index (χ1v) is 7.30. The van der Waals surface area contributed by atoms with Crippen molar-refractivity contribution in [3.8, 4) is 0 Å². The molecule has 0 aromatic rings. The van der Waals surface area contributed by atoms with Gasteiger partial charge in [-0.15, -0.1) is 0 Å². The van der Waals surface area contributed by atoms with Crippen LogP contribution in [0.25, 0.3) is 0 Å². The molecule has 0 radical (unpaired) electrons. The van der Waals surface area contributed by atoms with Crippen LogP contribution in [0.4, 0.5) is 31.1 Å². The second-order valence-corrected chi connectivity index (χ2v) is 5.90. The fourth-order valence-electron chi connectivity index (χ4n) is 3.18. The highest BCUT2D eigenvalue weighted by molar-refractivity contribution is 5.72. The first-order valence-electron chi connectivity index (χ1n) is 7.30. The van der Waals surface area contributed by atoms with Crippen molar-refractivity contribution >= 4 is 6.09 Å². The molecule has 3 nitrogen and oxygen atoms in total. The van der Waals surface area contributed by atoms with E-state index in [-0.39, 0.29) is 5.57 Å². The lowest BCUT2D eigenvalue weighted by molar-refractivity contribution is -0.149. The molecule has 0 saturated carbocycles. The molecule has 3 unspecified atom stereocenters. The summed E-state index contributed by atoms with van der Waals surface area (Å²) in [6, 6.07) is -0.526. The number of cyclic esters (lactones) is 1. The summed E-state index contributed by atoms with van der Waals surface area (Å²) in [6.45, 7) is 0.393. The second kappa shape index (κ2) is 5.56. The smallest absolute Gasteiger partial charge is 0.416 e. The zero-order chi connectivity index (χ0) is 17.7. The number of rotatable bonds is 1. The minimum Gasteiger partial charge on any atom is -0.439 e. The summed E-state index contributed by atoms with van der Waals surface area (Å²) in [6.07, 6.45) is -8.00. The number of allylic oxidation sites excluding steroid dienone is 4. The fraction of sp³-hybridized carbons (Fsp3) is 0.533. The lowest BCUT2D eigenvalue weighted by Gasteiger charge is -2.20. The predicted molar refractivity (Wildman–Crippen MR) is 70.9 cm³/mol. The Hall–Kier alpha value is -1.93. The van der Waals surface area contributed by atoms with Gasteiger partial charge < -0.3 is 9.64 Å². The molecule has 0 N–H and O–H groups in total. The molecule has 0 aromatic carbocycles. The van der Waals surface area contributed by atoms with Gasteiger partial charge in [-0.3, -0.25) is 0 Å². The van der Waals surface area contributed by atoms with Gasteiger partial charge in [0.05, 0.1) is 17.5 Å². The van der Waals surface area contributed by atoms with Crippen molar-refractivity contribution in [1.82, 2.24) is 4.90 Å². The first-order chi connectivity index (χ1) is 11.1. The monoisotopic (exact) mass is 353 g/mol. The van der Waals surface area contributed by atoms with Crippen LogP contribution in [0, 0.1) is 5.92 Å². The largest absolute Gasteiger partial charge is 0.439 e. The summed E-state index contributed by atoms with van der Waals surface area (Å²) >= 11 is 0. The minimum absolute atomic E-state index is 0.266. The number of alkyl halides is 6. The Balaban J connectivity index is 2.01. The van der Waals surface area contributed by atoms with Crippen LogP contribution >= 0.6 is 0 Å². The Labute approximate surface area is 133 Å². The Morgan fingerprint density at radius 2 is 1.88 bits per heavy atom. The molecule has 2 aliphatic heterocycles. The van der Waals surface area contributed by atoms with Crippen molar-refractivity contribution in [1.29, 1.82) is 0 Å². The van der Waals surface area contributed by atoms with E-state index in [1.807, 2.05) is 0 Å². The van der Waals surface area contributed by atoms with Crippen molar-refractivity contribution in [3.05, 3.63) is 35.5 Å². The molecule has 1 aliphatic carbocycles. The van der Waals surface area contributed by atoms with E-state index in [9.17, 15) is 31.1 Å². The number of carbonyl (C=O) groups excluding carboxylic acids is 1. The highest BCUT2D eigenvalue weighted by Gasteiger charge is 2.48. The third-order valence-corrected chi connectivity index (χ3v) is 4.32. The molecule has 2 heterocycles. The average Bonchev–Trinajstić information content (AvgIpc) is 2.93. The molecule has 3 aliphatic rings. The summed E-state index contributed by atoms with van der Waals surface area (Å²) < 4.78 is 83.2. The van der Waals surface area contributed by atoms with Crippen molar-refractivity contribution in [2.75, 3.05) is 6.54 Å². The molecule has 132 valence electrons. The number of nitrogens with zero attached hydrogens (tertiary/aromatic N) is 1. The molecule has 9 heteroatoms. The van der Waals surface area contributed by atoms with E-state index in [2.05, 4.69) is 0 Å². The standard InChI is InChI=1S/C15H13F6NO2/c16-14(17,18)9-3-4-10(15(19,20)21)7-8(6-9)12-11-2-1-5-22(11)13(23)24-12/h3-4,6-7,9,11-12H,1-2,5H2. The summed E-state index contributed by atoms with van der Waals surface area (Å²) in [5, 5.41) is 0. The molecule has 3 atom stereocenters.